The van der Waals surface area contributed by atoms with Crippen LogP contribution in [0.25, 0.3) is 17.1 Å². The van der Waals surface area contributed by atoms with E-state index in [-0.39, 0.29) is 0 Å². The van der Waals surface area contributed by atoms with E-state index in [1.165, 1.54) is 0 Å². The Morgan fingerprint density at radius 1 is 0.889 bits per heavy atom. The number of hydrogen-bond acceptors (Lipinski definition) is 3. The molecule has 0 N–H and O–H groups in total. The first-order valence-corrected chi connectivity index (χ1v) is 5.74. The molecular weight excluding hydrogens is 224 g/mol. The Morgan fingerprint density at radius 2 is 1.61 bits per heavy atom. The summed E-state index contributed by atoms with van der Waals surface area (Å²) in [5.41, 5.74) is 2.07. The summed E-state index contributed by atoms with van der Waals surface area (Å²) in [6.07, 6.45) is 3.52. The lowest BCUT2D eigenvalue weighted by molar-refractivity contribution is 0.972. The van der Waals surface area contributed by atoms with Gasteiger partial charge in [0.05, 0.1) is 0 Å². The molecule has 0 saturated carbocycles. The van der Waals surface area contributed by atoms with Crippen LogP contribution < -0.4 is 0 Å². The fourth-order valence-electron chi connectivity index (χ4n) is 1.94. The van der Waals surface area contributed by atoms with Gasteiger partial charge in [0.25, 0.3) is 0 Å². The van der Waals surface area contributed by atoms with E-state index in [1.807, 2.05) is 54.0 Å². The van der Waals surface area contributed by atoms with Gasteiger partial charge in [0.2, 0.25) is 0 Å². The Bertz CT molecular complexity index is 644. The number of aryl methyl sites for hydroxylation is 1. The second kappa shape index (κ2) is 4.41. The van der Waals surface area contributed by atoms with Crippen LogP contribution in [0.5, 0.6) is 0 Å². The van der Waals surface area contributed by atoms with E-state index in [0.717, 1.165) is 22.9 Å². The molecule has 0 unspecified atom stereocenters. The Balaban J connectivity index is 2.19. The zero-order chi connectivity index (χ0) is 12.4. The van der Waals surface area contributed by atoms with Crippen molar-refractivity contribution in [1.29, 1.82) is 0 Å². The van der Waals surface area contributed by atoms with Crippen molar-refractivity contribution in [2.24, 2.45) is 0 Å². The van der Waals surface area contributed by atoms with Crippen molar-refractivity contribution < 1.29 is 0 Å². The Kier molecular flexibility index (Phi) is 2.61. The average molecular weight is 236 g/mol. The van der Waals surface area contributed by atoms with E-state index in [9.17, 15) is 0 Å². The van der Waals surface area contributed by atoms with Crippen LogP contribution in [0.1, 0.15) is 5.82 Å². The number of nitrogens with zero attached hydrogens (tertiary/aromatic N) is 4. The summed E-state index contributed by atoms with van der Waals surface area (Å²) < 4.78 is 2.04. The molecule has 0 aliphatic heterocycles. The van der Waals surface area contributed by atoms with Gasteiger partial charge < -0.3 is 0 Å². The van der Waals surface area contributed by atoms with Gasteiger partial charge in [0.1, 0.15) is 5.82 Å². The van der Waals surface area contributed by atoms with Crippen LogP contribution in [0.3, 0.4) is 0 Å². The van der Waals surface area contributed by atoms with E-state index < -0.39 is 0 Å². The van der Waals surface area contributed by atoms with Crippen molar-refractivity contribution in [3.8, 4) is 17.1 Å². The first-order chi connectivity index (χ1) is 8.86. The summed E-state index contributed by atoms with van der Waals surface area (Å²) in [5.74, 6) is 1.70. The molecule has 0 aliphatic rings. The largest absolute Gasteiger partial charge is 0.279 e. The average Bonchev–Trinajstić information content (AvgIpc) is 2.83. The lowest BCUT2D eigenvalue weighted by Gasteiger charge is -2.08. The van der Waals surface area contributed by atoms with E-state index >= 15 is 0 Å². The molecule has 18 heavy (non-hydrogen) atoms. The summed E-state index contributed by atoms with van der Waals surface area (Å²) in [5, 5.41) is 8.41. The lowest BCUT2D eigenvalue weighted by atomic mass is 10.2. The maximum absolute atomic E-state index is 4.25. The summed E-state index contributed by atoms with van der Waals surface area (Å²) in [6, 6.07) is 14.0. The lowest BCUT2D eigenvalue weighted by Crippen LogP contribution is -1.99. The van der Waals surface area contributed by atoms with Gasteiger partial charge in [-0.05, 0) is 31.2 Å². The smallest absolute Gasteiger partial charge is 0.168 e. The highest BCUT2D eigenvalue weighted by molar-refractivity contribution is 5.57. The molecule has 0 saturated heterocycles. The molecule has 0 amide bonds. The second-order valence-electron chi connectivity index (χ2n) is 3.98. The third kappa shape index (κ3) is 1.78. The molecule has 4 heteroatoms. The van der Waals surface area contributed by atoms with Gasteiger partial charge in [-0.25, -0.2) is 0 Å². The van der Waals surface area contributed by atoms with Gasteiger partial charge in [0.15, 0.2) is 5.82 Å². The third-order valence-electron chi connectivity index (χ3n) is 2.78. The number of rotatable bonds is 2. The van der Waals surface area contributed by atoms with Gasteiger partial charge >= 0.3 is 0 Å². The first kappa shape index (κ1) is 10.7. The number of pyridine rings is 1. The highest BCUT2D eigenvalue weighted by Gasteiger charge is 2.11. The fourth-order valence-corrected chi connectivity index (χ4v) is 1.94. The third-order valence-corrected chi connectivity index (χ3v) is 2.78. The molecule has 0 bridgehead atoms. The van der Waals surface area contributed by atoms with Crippen molar-refractivity contribution in [3.05, 3.63) is 60.7 Å². The molecule has 3 aromatic rings. The SMILES string of the molecule is Cc1nnc(-c2ccncc2)n1-c1ccccc1. The molecule has 1 aromatic carbocycles. The number of aromatic nitrogens is 4. The highest BCUT2D eigenvalue weighted by atomic mass is 15.3. The Labute approximate surface area is 105 Å². The van der Waals surface area contributed by atoms with Crippen LogP contribution in [0.2, 0.25) is 0 Å². The van der Waals surface area contributed by atoms with Crippen LogP contribution in [0, 0.1) is 6.92 Å². The maximum atomic E-state index is 4.25. The van der Waals surface area contributed by atoms with E-state index in [4.69, 9.17) is 0 Å². The van der Waals surface area contributed by atoms with Gasteiger partial charge in [0, 0.05) is 23.6 Å². The summed E-state index contributed by atoms with van der Waals surface area (Å²) in [4.78, 5) is 4.02. The van der Waals surface area contributed by atoms with Gasteiger partial charge in [-0.3, -0.25) is 9.55 Å². The quantitative estimate of drug-likeness (QED) is 0.687. The predicted molar refractivity (Wildman–Crippen MR) is 69.3 cm³/mol. The van der Waals surface area contributed by atoms with E-state index in [1.54, 1.807) is 12.4 Å². The summed E-state index contributed by atoms with van der Waals surface area (Å²) in [6.45, 7) is 1.95. The molecule has 0 atom stereocenters. The first-order valence-electron chi connectivity index (χ1n) is 5.74. The van der Waals surface area contributed by atoms with Crippen molar-refractivity contribution in [1.82, 2.24) is 19.7 Å². The standard InChI is InChI=1S/C14H12N4/c1-11-16-17-14(12-7-9-15-10-8-12)18(11)13-5-3-2-4-6-13/h2-10H,1H3. The minimum absolute atomic E-state index is 0.834. The zero-order valence-electron chi connectivity index (χ0n) is 9.99. The number of benzene rings is 1. The van der Waals surface area contributed by atoms with E-state index in [2.05, 4.69) is 15.2 Å². The molecule has 2 heterocycles. The van der Waals surface area contributed by atoms with Crippen LogP contribution in [-0.4, -0.2) is 19.7 Å². The van der Waals surface area contributed by atoms with Gasteiger partial charge in [-0.1, -0.05) is 18.2 Å². The molecule has 3 rings (SSSR count). The normalized spacial score (nSPS) is 10.5. The molecule has 2 aromatic heterocycles. The molecule has 88 valence electrons. The Morgan fingerprint density at radius 3 is 2.33 bits per heavy atom. The van der Waals surface area contributed by atoms with Crippen LogP contribution in [-0.2, 0) is 0 Å². The zero-order valence-corrected chi connectivity index (χ0v) is 9.99. The minimum atomic E-state index is 0.834. The second-order valence-corrected chi connectivity index (χ2v) is 3.98. The van der Waals surface area contributed by atoms with E-state index in [0.29, 0.717) is 0 Å². The monoisotopic (exact) mass is 236 g/mol. The van der Waals surface area contributed by atoms with Gasteiger partial charge in [-0.15, -0.1) is 10.2 Å². The van der Waals surface area contributed by atoms with Crippen molar-refractivity contribution in [2.75, 3.05) is 0 Å². The molecule has 0 spiro atoms. The van der Waals surface area contributed by atoms with Crippen molar-refractivity contribution in [3.63, 3.8) is 0 Å². The molecular formula is C14H12N4. The fraction of sp³-hybridized carbons (Fsp3) is 0.0714. The predicted octanol–water partition coefficient (Wildman–Crippen LogP) is 2.64. The Hall–Kier alpha value is -2.49. The molecule has 0 fully saturated rings. The topological polar surface area (TPSA) is 43.6 Å². The number of para-hydroxylation sites is 1. The van der Waals surface area contributed by atoms with Crippen molar-refractivity contribution in [2.45, 2.75) is 6.92 Å². The van der Waals surface area contributed by atoms with Crippen LogP contribution in [0.15, 0.2) is 54.9 Å². The highest BCUT2D eigenvalue weighted by Crippen LogP contribution is 2.21. The minimum Gasteiger partial charge on any atom is -0.279 e. The van der Waals surface area contributed by atoms with Gasteiger partial charge in [-0.2, -0.15) is 0 Å². The molecule has 4 nitrogen and oxygen atoms in total. The summed E-state index contributed by atoms with van der Waals surface area (Å²) >= 11 is 0. The van der Waals surface area contributed by atoms with Crippen molar-refractivity contribution >= 4 is 0 Å². The number of hydrogen-bond donors (Lipinski definition) is 0. The van der Waals surface area contributed by atoms with Crippen LogP contribution in [0.4, 0.5) is 0 Å². The molecule has 0 radical (unpaired) electrons. The molecule has 0 aliphatic carbocycles. The van der Waals surface area contributed by atoms with Crippen LogP contribution >= 0.6 is 0 Å². The summed E-state index contributed by atoms with van der Waals surface area (Å²) in [7, 11) is 0. The maximum Gasteiger partial charge on any atom is 0.168 e.